The van der Waals surface area contributed by atoms with E-state index in [4.69, 9.17) is 0 Å². The number of halogens is 1. The zero-order valence-corrected chi connectivity index (χ0v) is 13.1. The molecule has 1 radical (unpaired) electrons. The van der Waals surface area contributed by atoms with Crippen LogP contribution in [-0.4, -0.2) is 19.2 Å². The molecule has 0 aromatic heterocycles. The number of hydrogen-bond acceptors (Lipinski definition) is 4. The van der Waals surface area contributed by atoms with E-state index >= 15 is 0 Å². The third kappa shape index (κ3) is 7.06. The van der Waals surface area contributed by atoms with Crippen LogP contribution in [0.3, 0.4) is 0 Å². The molecule has 0 aliphatic heterocycles. The molecule has 0 aromatic carbocycles. The normalized spacial score (nSPS) is 17.6. The van der Waals surface area contributed by atoms with Crippen molar-refractivity contribution in [1.82, 2.24) is 0 Å². The monoisotopic (exact) mass is 328 g/mol. The Kier molecular flexibility index (Phi) is 9.19. The fourth-order valence-corrected chi connectivity index (χ4v) is 1.89. The Morgan fingerprint density at radius 2 is 1.78 bits per heavy atom. The Hall–Kier alpha value is -0.485. The number of thiol groups is 1. The summed E-state index contributed by atoms with van der Waals surface area (Å²) in [6, 6.07) is 0. The first-order valence-corrected chi connectivity index (χ1v) is 6.74. The van der Waals surface area contributed by atoms with Gasteiger partial charge in [0, 0.05) is 12.8 Å². The number of nitrogens with zero attached hydrogens (tertiary/aromatic N) is 1. The maximum absolute atomic E-state index is 10.7. The van der Waals surface area contributed by atoms with Gasteiger partial charge >= 0.3 is 24.8 Å². The molecule has 2 aliphatic rings. The van der Waals surface area contributed by atoms with Crippen molar-refractivity contribution in [3.63, 3.8) is 0 Å². The van der Waals surface area contributed by atoms with Gasteiger partial charge in [0.2, 0.25) is 0 Å². The van der Waals surface area contributed by atoms with Crippen molar-refractivity contribution in [3.05, 3.63) is 21.7 Å². The van der Waals surface area contributed by atoms with E-state index in [-0.39, 0.29) is 11.6 Å². The molecule has 0 amide bonds. The number of Topliss-reactive ketones (excluding diaryl/α,β-unsaturated/α-hetero) is 1. The van der Waals surface area contributed by atoms with Crippen LogP contribution in [0.2, 0.25) is 0 Å². The summed E-state index contributed by atoms with van der Waals surface area (Å²) in [7, 11) is 4.34. The summed E-state index contributed by atoms with van der Waals surface area (Å²) in [5.41, 5.74) is 2.42. The second kappa shape index (κ2) is 9.45. The van der Waals surface area contributed by atoms with Gasteiger partial charge < -0.3 is 0 Å². The van der Waals surface area contributed by atoms with E-state index < -0.39 is 0 Å². The summed E-state index contributed by atoms with van der Waals surface area (Å²) in [6.45, 7) is 3.97. The third-order valence-electron chi connectivity index (χ3n) is 2.52. The Labute approximate surface area is 123 Å². The summed E-state index contributed by atoms with van der Waals surface area (Å²) >= 11 is 6.39. The average Bonchev–Trinajstić information content (AvgIpc) is 2.81. The van der Waals surface area contributed by atoms with E-state index in [1.165, 1.54) is 11.1 Å². The topological polar surface area (TPSA) is 46.5 Å². The van der Waals surface area contributed by atoms with Crippen molar-refractivity contribution in [2.24, 2.45) is 4.30 Å². The first-order chi connectivity index (χ1) is 8.42. The fraction of sp³-hybridized carbons (Fsp3) is 0.500. The quantitative estimate of drug-likeness (QED) is 0.546. The summed E-state index contributed by atoms with van der Waals surface area (Å²) in [6.07, 6.45) is 5.09. The van der Waals surface area contributed by atoms with Gasteiger partial charge in [-0.1, -0.05) is 11.1 Å². The molecule has 97 valence electrons. The Bertz CT molecular complexity index is 405. The number of carbonyl (C=O) groups is 2. The number of ketones is 2. The molecule has 0 spiro atoms. The fourth-order valence-electron chi connectivity index (χ4n) is 1.50. The van der Waals surface area contributed by atoms with Crippen LogP contribution in [-0.2, 0) is 9.59 Å². The molecule has 0 unspecified atom stereocenters. The molecule has 6 heteroatoms. The third-order valence-corrected chi connectivity index (χ3v) is 3.64. The standard InChI is InChI=1S/C6H7BrO.C6H8O.BHNS/c1-4-2-3-5(8)6(4)7;1-5-2-3-6(7)4-5;1-2-3/h2-3H2,1H3;4H,2-3H2,1H3;3H. The van der Waals surface area contributed by atoms with Crippen LogP contribution in [0.5, 0.6) is 0 Å². The molecule has 3 nitrogen and oxygen atoms in total. The average molecular weight is 329 g/mol. The van der Waals surface area contributed by atoms with E-state index in [0.717, 1.165) is 23.7 Å². The van der Waals surface area contributed by atoms with Gasteiger partial charge in [0.25, 0.3) is 0 Å². The van der Waals surface area contributed by atoms with E-state index in [0.29, 0.717) is 6.42 Å². The van der Waals surface area contributed by atoms with Crippen molar-refractivity contribution >= 4 is 47.9 Å². The SMILES string of the molecule is CC1=C(Br)C(=O)CC1.CC1=CC(=O)CC1.[B]=NS. The van der Waals surface area contributed by atoms with E-state index in [1.54, 1.807) is 6.08 Å². The summed E-state index contributed by atoms with van der Waals surface area (Å²) in [5, 5.41) is 0. The molecule has 0 atom stereocenters. The van der Waals surface area contributed by atoms with Gasteiger partial charge in [0.15, 0.2) is 11.6 Å². The van der Waals surface area contributed by atoms with Crippen molar-refractivity contribution in [2.75, 3.05) is 0 Å². The van der Waals surface area contributed by atoms with Crippen LogP contribution in [0, 0.1) is 0 Å². The second-order valence-corrected chi connectivity index (χ2v) is 5.11. The van der Waals surface area contributed by atoms with Gasteiger partial charge in [-0.3, -0.25) is 9.59 Å². The molecule has 0 heterocycles. The maximum atomic E-state index is 10.7. The van der Waals surface area contributed by atoms with Crippen LogP contribution >= 0.6 is 28.7 Å². The minimum atomic E-state index is 0.252. The number of rotatable bonds is 0. The van der Waals surface area contributed by atoms with Crippen LogP contribution in [0.1, 0.15) is 39.5 Å². The summed E-state index contributed by atoms with van der Waals surface area (Å²) in [5.74, 6) is 0.542. The molecular formula is C12H16BBrNO2S. The van der Waals surface area contributed by atoms with Crippen molar-refractivity contribution in [1.29, 1.82) is 0 Å². The van der Waals surface area contributed by atoms with Gasteiger partial charge in [-0.2, -0.15) is 0 Å². The number of hydrogen-bond donors (Lipinski definition) is 1. The molecule has 2 rings (SSSR count). The van der Waals surface area contributed by atoms with Gasteiger partial charge in [-0.25, -0.2) is 0 Å². The van der Waals surface area contributed by atoms with Crippen LogP contribution in [0.4, 0.5) is 0 Å². The summed E-state index contributed by atoms with van der Waals surface area (Å²) < 4.78 is 3.50. The molecule has 0 fully saturated rings. The molecule has 0 N–H and O–H groups in total. The Morgan fingerprint density at radius 3 is 1.89 bits per heavy atom. The van der Waals surface area contributed by atoms with Crippen molar-refractivity contribution in [3.8, 4) is 0 Å². The van der Waals surface area contributed by atoms with Crippen molar-refractivity contribution < 1.29 is 9.59 Å². The second-order valence-electron chi connectivity index (χ2n) is 4.09. The number of carbonyl (C=O) groups excluding carboxylic acids is 2. The molecule has 0 saturated carbocycles. The molecule has 0 saturated heterocycles. The molecule has 0 bridgehead atoms. The van der Waals surface area contributed by atoms with Gasteiger partial charge in [0.1, 0.15) is 0 Å². The van der Waals surface area contributed by atoms with Gasteiger partial charge in [-0.05, 0) is 48.7 Å². The van der Waals surface area contributed by atoms with E-state index in [9.17, 15) is 9.59 Å². The minimum absolute atomic E-state index is 0.252. The Balaban J connectivity index is 0.000000267. The van der Waals surface area contributed by atoms with Crippen molar-refractivity contribution in [2.45, 2.75) is 39.5 Å². The van der Waals surface area contributed by atoms with Crippen LogP contribution in [0.15, 0.2) is 26.0 Å². The first kappa shape index (κ1) is 17.5. The zero-order chi connectivity index (χ0) is 14.1. The van der Waals surface area contributed by atoms with Crippen LogP contribution < -0.4 is 0 Å². The molecule has 0 aromatic rings. The summed E-state index contributed by atoms with van der Waals surface area (Å²) in [4.78, 5) is 21.1. The van der Waals surface area contributed by atoms with Crippen LogP contribution in [0.25, 0.3) is 0 Å². The molecule has 18 heavy (non-hydrogen) atoms. The predicted molar refractivity (Wildman–Crippen MR) is 81.0 cm³/mol. The van der Waals surface area contributed by atoms with E-state index in [1.807, 2.05) is 13.8 Å². The zero-order valence-electron chi connectivity index (χ0n) is 10.6. The van der Waals surface area contributed by atoms with Gasteiger partial charge in [-0.15, -0.1) is 0 Å². The molecule has 2 aliphatic carbocycles. The van der Waals surface area contributed by atoms with Gasteiger partial charge in [0.05, 0.1) is 4.48 Å². The predicted octanol–water partition coefficient (Wildman–Crippen LogP) is 3.50. The molecular weight excluding hydrogens is 313 g/mol. The first-order valence-electron chi connectivity index (χ1n) is 5.55. The number of allylic oxidation sites excluding steroid dienone is 4. The van der Waals surface area contributed by atoms with E-state index in [2.05, 4.69) is 40.7 Å². The Morgan fingerprint density at radius 1 is 1.22 bits per heavy atom.